The van der Waals surface area contributed by atoms with Crippen molar-refractivity contribution >= 4 is 35.2 Å². The minimum atomic E-state index is -0.322. The zero-order valence-electron chi connectivity index (χ0n) is 14.9. The Kier molecular flexibility index (Phi) is 5.23. The first-order chi connectivity index (χ1) is 11.2. The second-order valence-corrected chi connectivity index (χ2v) is 7.18. The molecule has 0 N–H and O–H groups in total. The molecule has 1 aliphatic heterocycles. The van der Waals surface area contributed by atoms with Gasteiger partial charge in [0.15, 0.2) is 5.11 Å². The minimum Gasteiger partial charge on any atom is -0.285 e. The molecule has 0 aromatic heterocycles. The van der Waals surface area contributed by atoms with Gasteiger partial charge in [-0.2, -0.15) is 0 Å². The Morgan fingerprint density at radius 3 is 1.79 bits per heavy atom. The van der Waals surface area contributed by atoms with Gasteiger partial charge in [0, 0.05) is 13.1 Å². The van der Waals surface area contributed by atoms with Gasteiger partial charge in [0.25, 0.3) is 11.8 Å². The van der Waals surface area contributed by atoms with Crippen molar-refractivity contribution in [1.82, 2.24) is 9.80 Å². The van der Waals surface area contributed by atoms with Crippen molar-refractivity contribution in [3.63, 3.8) is 0 Å². The molecule has 2 amide bonds. The maximum Gasteiger partial charge on any atom is 0.265 e. The van der Waals surface area contributed by atoms with E-state index in [1.807, 2.05) is 38.1 Å². The molecule has 0 bridgehead atoms. The molecule has 0 spiro atoms. The molecule has 1 saturated heterocycles. The Bertz CT molecular complexity index is 671. The number of carbonyl (C=O) groups is 2. The first-order valence-electron chi connectivity index (χ1n) is 8.20. The highest BCUT2D eigenvalue weighted by atomic mass is 32.1. The molecule has 0 unspecified atom stereocenters. The standard InChI is InChI=1S/C19H24N2O2S/c1-6-20-16(22)15(17(23)21(7-2)18(20)24)12-13-8-10-14(11-9-13)19(3,4)5/h8-12H,6-7H2,1-5H3. The van der Waals surface area contributed by atoms with Crippen molar-refractivity contribution in [2.45, 2.75) is 40.0 Å². The summed E-state index contributed by atoms with van der Waals surface area (Å²) in [6.07, 6.45) is 1.66. The molecule has 1 heterocycles. The zero-order valence-corrected chi connectivity index (χ0v) is 15.7. The number of thiocarbonyl (C=S) groups is 1. The smallest absolute Gasteiger partial charge is 0.265 e. The van der Waals surface area contributed by atoms with E-state index in [1.54, 1.807) is 6.08 Å². The summed E-state index contributed by atoms with van der Waals surface area (Å²) in [6.45, 7) is 11.0. The van der Waals surface area contributed by atoms with Crippen LogP contribution in [0.5, 0.6) is 0 Å². The SMILES string of the molecule is CCN1C(=O)C(=Cc2ccc(C(C)(C)C)cc2)C(=O)N(CC)C1=S. The average Bonchev–Trinajstić information content (AvgIpc) is 2.52. The van der Waals surface area contributed by atoms with Gasteiger partial charge in [-0.3, -0.25) is 19.4 Å². The zero-order chi connectivity index (χ0) is 18.1. The molecule has 1 aromatic rings. The molecule has 1 fully saturated rings. The predicted octanol–water partition coefficient (Wildman–Crippen LogP) is 3.36. The number of carbonyl (C=O) groups excluding carboxylic acids is 2. The number of rotatable bonds is 3. The van der Waals surface area contributed by atoms with Gasteiger partial charge in [-0.15, -0.1) is 0 Å². The Morgan fingerprint density at radius 2 is 1.42 bits per heavy atom. The quantitative estimate of drug-likeness (QED) is 0.480. The van der Waals surface area contributed by atoms with Crippen LogP contribution in [0.2, 0.25) is 0 Å². The molecule has 128 valence electrons. The number of hydrogen-bond donors (Lipinski definition) is 0. The second kappa shape index (κ2) is 6.85. The lowest BCUT2D eigenvalue weighted by molar-refractivity contribution is -0.133. The van der Waals surface area contributed by atoms with E-state index in [0.29, 0.717) is 13.1 Å². The van der Waals surface area contributed by atoms with Crippen LogP contribution < -0.4 is 0 Å². The van der Waals surface area contributed by atoms with Crippen molar-refractivity contribution in [3.05, 3.63) is 41.0 Å². The van der Waals surface area contributed by atoms with Crippen LogP contribution in [0.25, 0.3) is 6.08 Å². The van der Waals surface area contributed by atoms with Crippen LogP contribution in [-0.4, -0.2) is 39.8 Å². The van der Waals surface area contributed by atoms with E-state index in [1.165, 1.54) is 15.4 Å². The van der Waals surface area contributed by atoms with E-state index in [2.05, 4.69) is 20.8 Å². The summed E-state index contributed by atoms with van der Waals surface area (Å²) in [4.78, 5) is 28.1. The van der Waals surface area contributed by atoms with E-state index in [9.17, 15) is 9.59 Å². The van der Waals surface area contributed by atoms with Gasteiger partial charge in [-0.1, -0.05) is 45.0 Å². The maximum atomic E-state index is 12.6. The van der Waals surface area contributed by atoms with Crippen LogP contribution in [0.4, 0.5) is 0 Å². The highest BCUT2D eigenvalue weighted by Crippen LogP contribution is 2.24. The van der Waals surface area contributed by atoms with E-state index in [0.717, 1.165) is 5.56 Å². The summed E-state index contributed by atoms with van der Waals surface area (Å²) in [5, 5.41) is 0.287. The summed E-state index contributed by atoms with van der Waals surface area (Å²) in [5.74, 6) is -0.644. The summed E-state index contributed by atoms with van der Waals surface area (Å²) >= 11 is 5.26. The van der Waals surface area contributed by atoms with Crippen LogP contribution in [-0.2, 0) is 15.0 Å². The monoisotopic (exact) mass is 344 g/mol. The molecular formula is C19H24N2O2S. The Labute approximate surface area is 149 Å². The van der Waals surface area contributed by atoms with E-state index in [-0.39, 0.29) is 27.9 Å². The minimum absolute atomic E-state index is 0.0619. The van der Waals surface area contributed by atoms with Crippen LogP contribution in [0.1, 0.15) is 45.7 Å². The lowest BCUT2D eigenvalue weighted by atomic mass is 9.86. The summed E-state index contributed by atoms with van der Waals surface area (Å²) in [5.41, 5.74) is 2.26. The van der Waals surface area contributed by atoms with Crippen molar-refractivity contribution in [1.29, 1.82) is 0 Å². The first-order valence-corrected chi connectivity index (χ1v) is 8.61. The van der Waals surface area contributed by atoms with Crippen molar-refractivity contribution < 1.29 is 9.59 Å². The number of nitrogens with zero attached hydrogens (tertiary/aromatic N) is 2. The van der Waals surface area contributed by atoms with Crippen LogP contribution >= 0.6 is 12.2 Å². The normalized spacial score (nSPS) is 16.0. The predicted molar refractivity (Wildman–Crippen MR) is 100 cm³/mol. The van der Waals surface area contributed by atoms with E-state index >= 15 is 0 Å². The van der Waals surface area contributed by atoms with Crippen molar-refractivity contribution in [3.8, 4) is 0 Å². The summed E-state index contributed by atoms with van der Waals surface area (Å²) in [6, 6.07) is 7.94. The lowest BCUT2D eigenvalue weighted by Crippen LogP contribution is -2.55. The van der Waals surface area contributed by atoms with Gasteiger partial charge in [0.2, 0.25) is 0 Å². The van der Waals surface area contributed by atoms with E-state index < -0.39 is 0 Å². The highest BCUT2D eigenvalue weighted by Gasteiger charge is 2.37. The van der Waals surface area contributed by atoms with Crippen LogP contribution in [0.3, 0.4) is 0 Å². The first kappa shape index (κ1) is 18.3. The van der Waals surface area contributed by atoms with Crippen molar-refractivity contribution in [2.24, 2.45) is 0 Å². The van der Waals surface area contributed by atoms with Gasteiger partial charge in [0.1, 0.15) is 5.57 Å². The molecule has 0 atom stereocenters. The molecule has 0 radical (unpaired) electrons. The fourth-order valence-corrected chi connectivity index (χ4v) is 3.05. The number of hydrogen-bond acceptors (Lipinski definition) is 3. The third kappa shape index (κ3) is 3.41. The average molecular weight is 344 g/mol. The van der Waals surface area contributed by atoms with Gasteiger partial charge >= 0.3 is 0 Å². The molecular weight excluding hydrogens is 320 g/mol. The second-order valence-electron chi connectivity index (χ2n) is 6.81. The molecule has 1 aliphatic rings. The Hall–Kier alpha value is -2.01. The molecule has 5 heteroatoms. The molecule has 1 aromatic carbocycles. The Morgan fingerprint density at radius 1 is 0.958 bits per heavy atom. The third-order valence-electron chi connectivity index (χ3n) is 4.13. The molecule has 4 nitrogen and oxygen atoms in total. The van der Waals surface area contributed by atoms with Gasteiger partial charge in [0.05, 0.1) is 0 Å². The largest absolute Gasteiger partial charge is 0.285 e. The van der Waals surface area contributed by atoms with Crippen molar-refractivity contribution in [2.75, 3.05) is 13.1 Å². The summed E-state index contributed by atoms with van der Waals surface area (Å²) in [7, 11) is 0. The Balaban J connectivity index is 2.41. The highest BCUT2D eigenvalue weighted by molar-refractivity contribution is 7.80. The van der Waals surface area contributed by atoms with Gasteiger partial charge in [-0.25, -0.2) is 0 Å². The number of amides is 2. The topological polar surface area (TPSA) is 40.6 Å². The molecule has 2 rings (SSSR count). The third-order valence-corrected chi connectivity index (χ3v) is 4.57. The fraction of sp³-hybridized carbons (Fsp3) is 0.421. The maximum absolute atomic E-state index is 12.6. The molecule has 0 aliphatic carbocycles. The van der Waals surface area contributed by atoms with Gasteiger partial charge < -0.3 is 0 Å². The molecule has 0 saturated carbocycles. The van der Waals surface area contributed by atoms with Crippen LogP contribution in [0, 0.1) is 0 Å². The van der Waals surface area contributed by atoms with Gasteiger partial charge in [-0.05, 0) is 48.7 Å². The number of benzene rings is 1. The lowest BCUT2D eigenvalue weighted by Gasteiger charge is -2.35. The fourth-order valence-electron chi connectivity index (χ4n) is 2.63. The van der Waals surface area contributed by atoms with E-state index in [4.69, 9.17) is 12.2 Å². The molecule has 24 heavy (non-hydrogen) atoms. The number of likely N-dealkylation sites (N-methyl/N-ethyl adjacent to an activating group) is 2. The van der Waals surface area contributed by atoms with Crippen LogP contribution in [0.15, 0.2) is 29.8 Å². The summed E-state index contributed by atoms with van der Waals surface area (Å²) < 4.78 is 0.